The second-order valence-electron chi connectivity index (χ2n) is 3.57. The number of halogens is 3. The molecule has 1 rings (SSSR count). The van der Waals surface area contributed by atoms with E-state index in [1.165, 1.54) is 10.9 Å². The Kier molecular flexibility index (Phi) is 5.31. The van der Waals surface area contributed by atoms with E-state index in [2.05, 4.69) is 15.4 Å². The van der Waals surface area contributed by atoms with Crippen molar-refractivity contribution in [3.8, 4) is 0 Å². The van der Waals surface area contributed by atoms with Crippen molar-refractivity contribution in [2.45, 2.75) is 19.6 Å². The molecule has 6 nitrogen and oxygen atoms in total. The molecule has 19 heavy (non-hydrogen) atoms. The van der Waals surface area contributed by atoms with E-state index in [0.717, 1.165) is 0 Å². The Balaban J connectivity index is 2.58. The van der Waals surface area contributed by atoms with Gasteiger partial charge >= 0.3 is 12.1 Å². The minimum absolute atomic E-state index is 0.0965. The van der Waals surface area contributed by atoms with Gasteiger partial charge < -0.3 is 4.74 Å². The molecule has 0 bridgehead atoms. The van der Waals surface area contributed by atoms with Crippen LogP contribution in [0.25, 0.3) is 0 Å². The van der Waals surface area contributed by atoms with E-state index < -0.39 is 18.8 Å². The molecule has 0 fully saturated rings. The number of aryl methyl sites for hydroxylation is 1. The van der Waals surface area contributed by atoms with Crippen molar-refractivity contribution in [1.82, 2.24) is 15.3 Å². The third-order valence-electron chi connectivity index (χ3n) is 2.13. The number of hydrogen-bond donors (Lipinski definition) is 1. The summed E-state index contributed by atoms with van der Waals surface area (Å²) in [7, 11) is 1.56. The summed E-state index contributed by atoms with van der Waals surface area (Å²) in [6.45, 7) is 0.337. The molecule has 1 N–H and O–H groups in total. The van der Waals surface area contributed by atoms with E-state index in [4.69, 9.17) is 4.74 Å². The minimum Gasteiger partial charge on any atom is -0.462 e. The zero-order valence-electron chi connectivity index (χ0n) is 10.5. The van der Waals surface area contributed by atoms with Crippen LogP contribution < -0.4 is 5.48 Å². The first-order valence-corrected chi connectivity index (χ1v) is 5.44. The molecule has 0 aromatic carbocycles. The number of rotatable bonds is 6. The Labute approximate surface area is 107 Å². The predicted molar refractivity (Wildman–Crippen MR) is 58.0 cm³/mol. The molecule has 1 aromatic rings. The second-order valence-corrected chi connectivity index (χ2v) is 3.57. The molecule has 0 saturated heterocycles. The second kappa shape index (κ2) is 6.53. The number of alkyl halides is 3. The van der Waals surface area contributed by atoms with E-state index in [1.807, 2.05) is 0 Å². The van der Waals surface area contributed by atoms with Crippen LogP contribution in [0.4, 0.5) is 13.2 Å². The lowest BCUT2D eigenvalue weighted by atomic mass is 10.2. The van der Waals surface area contributed by atoms with Gasteiger partial charge in [0, 0.05) is 7.05 Å². The van der Waals surface area contributed by atoms with Gasteiger partial charge in [0.1, 0.15) is 5.56 Å². The van der Waals surface area contributed by atoms with Crippen molar-refractivity contribution >= 4 is 5.97 Å². The molecule has 9 heteroatoms. The smallest absolute Gasteiger partial charge is 0.413 e. The Hall–Kier alpha value is -1.61. The maximum atomic E-state index is 11.9. The van der Waals surface area contributed by atoms with Gasteiger partial charge in [-0.25, -0.2) is 4.79 Å². The van der Waals surface area contributed by atoms with Crippen LogP contribution in [0.3, 0.4) is 0 Å². The first-order valence-electron chi connectivity index (χ1n) is 5.44. The topological polar surface area (TPSA) is 65.4 Å². The lowest BCUT2D eigenvalue weighted by Crippen LogP contribution is -2.26. The summed E-state index contributed by atoms with van der Waals surface area (Å²) in [6.07, 6.45) is -3.12. The average Bonchev–Trinajstić information content (AvgIpc) is 2.65. The SMILES string of the molecule is CCOC(=O)c1cnn(C)c1CNOCC(F)(F)F. The zero-order chi connectivity index (χ0) is 14.5. The molecule has 1 aromatic heterocycles. The monoisotopic (exact) mass is 281 g/mol. The van der Waals surface area contributed by atoms with Crippen molar-refractivity contribution in [2.75, 3.05) is 13.2 Å². The molecule has 0 aliphatic heterocycles. The van der Waals surface area contributed by atoms with Gasteiger partial charge in [-0.15, -0.1) is 0 Å². The van der Waals surface area contributed by atoms with Crippen molar-refractivity contribution in [1.29, 1.82) is 0 Å². The van der Waals surface area contributed by atoms with Gasteiger partial charge in [0.25, 0.3) is 0 Å². The molecule has 0 aliphatic carbocycles. The van der Waals surface area contributed by atoms with Crippen LogP contribution in [-0.2, 0) is 23.2 Å². The number of nitrogens with zero attached hydrogens (tertiary/aromatic N) is 2. The van der Waals surface area contributed by atoms with Gasteiger partial charge in [0.15, 0.2) is 6.61 Å². The number of esters is 1. The number of hydrogen-bond acceptors (Lipinski definition) is 5. The zero-order valence-corrected chi connectivity index (χ0v) is 10.5. The molecule has 0 saturated carbocycles. The Morgan fingerprint density at radius 1 is 1.53 bits per heavy atom. The number of hydroxylamine groups is 1. The largest absolute Gasteiger partial charge is 0.462 e. The van der Waals surface area contributed by atoms with Crippen molar-refractivity contribution in [3.05, 3.63) is 17.5 Å². The van der Waals surface area contributed by atoms with Gasteiger partial charge in [-0.1, -0.05) is 0 Å². The lowest BCUT2D eigenvalue weighted by molar-refractivity contribution is -0.190. The highest BCUT2D eigenvalue weighted by molar-refractivity contribution is 5.90. The maximum Gasteiger partial charge on any atom is 0.413 e. The minimum atomic E-state index is -4.41. The number of nitrogens with one attached hydrogen (secondary N) is 1. The summed E-state index contributed by atoms with van der Waals surface area (Å²) >= 11 is 0. The Morgan fingerprint density at radius 2 is 2.21 bits per heavy atom. The fourth-order valence-electron chi connectivity index (χ4n) is 1.30. The molecular formula is C10H14F3N3O3. The van der Waals surface area contributed by atoms with Crippen molar-refractivity contribution < 1.29 is 27.5 Å². The van der Waals surface area contributed by atoms with E-state index in [9.17, 15) is 18.0 Å². The summed E-state index contributed by atoms with van der Waals surface area (Å²) in [5, 5.41) is 3.85. The Bertz CT molecular complexity index is 431. The van der Waals surface area contributed by atoms with Crippen LogP contribution in [0.5, 0.6) is 0 Å². The van der Waals surface area contributed by atoms with Gasteiger partial charge in [0.2, 0.25) is 0 Å². The maximum absolute atomic E-state index is 11.9. The van der Waals surface area contributed by atoms with Gasteiger partial charge in [-0.05, 0) is 6.92 Å². The van der Waals surface area contributed by atoms with E-state index in [0.29, 0.717) is 5.69 Å². The van der Waals surface area contributed by atoms with Gasteiger partial charge in [-0.2, -0.15) is 23.8 Å². The molecule has 0 amide bonds. The van der Waals surface area contributed by atoms with Crippen molar-refractivity contribution in [2.24, 2.45) is 7.05 Å². The fourth-order valence-corrected chi connectivity index (χ4v) is 1.30. The lowest BCUT2D eigenvalue weighted by Gasteiger charge is -2.09. The third-order valence-corrected chi connectivity index (χ3v) is 2.13. The van der Waals surface area contributed by atoms with Crippen LogP contribution in [0, 0.1) is 0 Å². The fraction of sp³-hybridized carbons (Fsp3) is 0.600. The van der Waals surface area contributed by atoms with Crippen LogP contribution in [0.2, 0.25) is 0 Å². The molecule has 0 radical (unpaired) electrons. The van der Waals surface area contributed by atoms with Crippen LogP contribution in [0.15, 0.2) is 6.20 Å². The Morgan fingerprint density at radius 3 is 2.79 bits per heavy atom. The molecule has 0 spiro atoms. The summed E-state index contributed by atoms with van der Waals surface area (Å²) in [4.78, 5) is 15.8. The quantitative estimate of drug-likeness (QED) is 0.482. The van der Waals surface area contributed by atoms with Gasteiger partial charge in [0.05, 0.1) is 25.0 Å². The molecule has 0 atom stereocenters. The summed E-state index contributed by atoms with van der Waals surface area (Å²) in [5.74, 6) is -0.580. The van der Waals surface area contributed by atoms with E-state index in [-0.39, 0.29) is 18.7 Å². The van der Waals surface area contributed by atoms with Crippen LogP contribution in [0.1, 0.15) is 23.0 Å². The highest BCUT2D eigenvalue weighted by Crippen LogP contribution is 2.14. The summed E-state index contributed by atoms with van der Waals surface area (Å²) in [5.41, 5.74) is 2.70. The first-order chi connectivity index (χ1) is 8.85. The normalized spacial score (nSPS) is 11.6. The molecule has 0 unspecified atom stereocenters. The number of carbonyl (C=O) groups is 1. The van der Waals surface area contributed by atoms with Crippen molar-refractivity contribution in [3.63, 3.8) is 0 Å². The number of carbonyl (C=O) groups excluding carboxylic acids is 1. The molecule has 0 aliphatic rings. The molecule has 108 valence electrons. The summed E-state index contributed by atoms with van der Waals surface area (Å²) < 4.78 is 41.7. The standard InChI is InChI=1S/C10H14F3N3O3/c1-3-18-9(17)7-4-14-16(2)8(7)5-15-19-6-10(11,12)13/h4,15H,3,5-6H2,1-2H3. The van der Waals surface area contributed by atoms with E-state index >= 15 is 0 Å². The molecular weight excluding hydrogens is 267 g/mol. The number of aromatic nitrogens is 2. The first kappa shape index (κ1) is 15.4. The highest BCUT2D eigenvalue weighted by atomic mass is 19.4. The molecule has 1 heterocycles. The van der Waals surface area contributed by atoms with Gasteiger partial charge in [-0.3, -0.25) is 9.52 Å². The van der Waals surface area contributed by atoms with Crippen LogP contribution >= 0.6 is 0 Å². The van der Waals surface area contributed by atoms with Crippen LogP contribution in [-0.4, -0.2) is 35.1 Å². The highest BCUT2D eigenvalue weighted by Gasteiger charge is 2.28. The van der Waals surface area contributed by atoms with E-state index in [1.54, 1.807) is 14.0 Å². The third kappa shape index (κ3) is 4.87. The summed E-state index contributed by atoms with van der Waals surface area (Å²) in [6, 6.07) is 0. The predicted octanol–water partition coefficient (Wildman–Crippen LogP) is 1.18. The number of ether oxygens (including phenoxy) is 1. The average molecular weight is 281 g/mol.